The minimum absolute atomic E-state index is 0.168. The van der Waals surface area contributed by atoms with Gasteiger partial charge in [0.25, 0.3) is 0 Å². The molecule has 1 N–H and O–H groups in total. The minimum atomic E-state index is -0.168. The highest BCUT2D eigenvalue weighted by Crippen LogP contribution is 2.41. The van der Waals surface area contributed by atoms with Crippen molar-refractivity contribution >= 4 is 0 Å². The number of rotatable bonds is 4. The van der Waals surface area contributed by atoms with Crippen molar-refractivity contribution in [1.82, 2.24) is 5.32 Å². The summed E-state index contributed by atoms with van der Waals surface area (Å²) in [5.74, 6) is 1.76. The third-order valence-electron chi connectivity index (χ3n) is 4.04. The molecule has 1 aliphatic rings. The normalized spacial score (nSPS) is 19.1. The van der Waals surface area contributed by atoms with Crippen LogP contribution in [0.5, 0.6) is 11.5 Å². The van der Waals surface area contributed by atoms with Gasteiger partial charge in [-0.2, -0.15) is 0 Å². The zero-order valence-electron chi connectivity index (χ0n) is 13.4. The summed E-state index contributed by atoms with van der Waals surface area (Å²) in [6.45, 7) is 4.81. The first-order chi connectivity index (χ1) is 10.6. The number of nitrogens with one attached hydrogen (secondary N) is 1. The Morgan fingerprint density at radius 3 is 2.68 bits per heavy atom. The van der Waals surface area contributed by atoms with Gasteiger partial charge in [-0.3, -0.25) is 0 Å². The molecule has 1 unspecified atom stereocenters. The molecule has 0 amide bonds. The maximum Gasteiger partial charge on any atom is 0.128 e. The number of hydrogen-bond acceptors (Lipinski definition) is 3. The van der Waals surface area contributed by atoms with E-state index in [0.29, 0.717) is 12.6 Å². The Morgan fingerprint density at radius 2 is 1.95 bits per heavy atom. The van der Waals surface area contributed by atoms with Gasteiger partial charge in [0.2, 0.25) is 0 Å². The Bertz CT molecular complexity index is 637. The van der Waals surface area contributed by atoms with Gasteiger partial charge in [0, 0.05) is 24.1 Å². The van der Waals surface area contributed by atoms with Crippen molar-refractivity contribution in [3.63, 3.8) is 0 Å². The van der Waals surface area contributed by atoms with Gasteiger partial charge in [0.1, 0.15) is 23.7 Å². The number of benzene rings is 2. The van der Waals surface area contributed by atoms with Gasteiger partial charge in [0.05, 0.1) is 0 Å². The summed E-state index contributed by atoms with van der Waals surface area (Å²) < 4.78 is 12.0. The van der Waals surface area contributed by atoms with E-state index < -0.39 is 0 Å². The standard InChI is InChI=1S/C19H23NO2/c1-19(2)12-17(20-3)16-10-9-15(11-18(16)22-19)21-13-14-7-5-4-6-8-14/h4-11,17,20H,12-13H2,1-3H3. The zero-order valence-corrected chi connectivity index (χ0v) is 13.4. The summed E-state index contributed by atoms with van der Waals surface area (Å²) in [6.07, 6.45) is 0.959. The molecule has 0 aliphatic carbocycles. The van der Waals surface area contributed by atoms with E-state index in [9.17, 15) is 0 Å². The van der Waals surface area contributed by atoms with Crippen LogP contribution in [0.1, 0.15) is 37.4 Å². The van der Waals surface area contributed by atoms with E-state index >= 15 is 0 Å². The molecule has 0 spiro atoms. The zero-order chi connectivity index (χ0) is 15.6. The van der Waals surface area contributed by atoms with Crippen LogP contribution in [0.25, 0.3) is 0 Å². The largest absolute Gasteiger partial charge is 0.489 e. The van der Waals surface area contributed by atoms with Crippen LogP contribution in [-0.2, 0) is 6.61 Å². The van der Waals surface area contributed by atoms with Gasteiger partial charge < -0.3 is 14.8 Å². The van der Waals surface area contributed by atoms with Gasteiger partial charge in [-0.1, -0.05) is 36.4 Å². The molecule has 3 rings (SSSR count). The number of ether oxygens (including phenoxy) is 2. The Kier molecular flexibility index (Phi) is 4.08. The van der Waals surface area contributed by atoms with Crippen LogP contribution >= 0.6 is 0 Å². The summed E-state index contributed by atoms with van der Waals surface area (Å²) in [6, 6.07) is 16.6. The van der Waals surface area contributed by atoms with Crippen LogP contribution in [0.4, 0.5) is 0 Å². The molecule has 0 saturated heterocycles. The summed E-state index contributed by atoms with van der Waals surface area (Å²) in [5, 5.41) is 3.37. The molecule has 3 nitrogen and oxygen atoms in total. The molecule has 3 heteroatoms. The molecule has 0 radical (unpaired) electrons. The first kappa shape index (κ1) is 14.9. The monoisotopic (exact) mass is 297 g/mol. The lowest BCUT2D eigenvalue weighted by atomic mass is 9.90. The molecule has 22 heavy (non-hydrogen) atoms. The Labute approximate surface area is 132 Å². The van der Waals surface area contributed by atoms with Crippen molar-refractivity contribution in [3.8, 4) is 11.5 Å². The molecule has 1 atom stereocenters. The smallest absolute Gasteiger partial charge is 0.128 e. The molecule has 1 aliphatic heterocycles. The highest BCUT2D eigenvalue weighted by molar-refractivity contribution is 5.44. The minimum Gasteiger partial charge on any atom is -0.489 e. The van der Waals surface area contributed by atoms with Gasteiger partial charge in [-0.25, -0.2) is 0 Å². The predicted molar refractivity (Wildman–Crippen MR) is 88.3 cm³/mol. The van der Waals surface area contributed by atoms with E-state index in [4.69, 9.17) is 9.47 Å². The fourth-order valence-corrected chi connectivity index (χ4v) is 2.92. The summed E-state index contributed by atoms with van der Waals surface area (Å²) in [4.78, 5) is 0. The molecular formula is C19H23NO2. The number of hydrogen-bond donors (Lipinski definition) is 1. The highest BCUT2D eigenvalue weighted by atomic mass is 16.5. The average molecular weight is 297 g/mol. The van der Waals surface area contributed by atoms with Crippen LogP contribution in [0, 0.1) is 0 Å². The second-order valence-electron chi connectivity index (χ2n) is 6.38. The quantitative estimate of drug-likeness (QED) is 0.922. The summed E-state index contributed by atoms with van der Waals surface area (Å²) in [5.41, 5.74) is 2.20. The van der Waals surface area contributed by atoms with Gasteiger partial charge >= 0.3 is 0 Å². The molecule has 2 aromatic carbocycles. The van der Waals surface area contributed by atoms with Crippen LogP contribution in [0.2, 0.25) is 0 Å². The Balaban J connectivity index is 1.78. The molecular weight excluding hydrogens is 274 g/mol. The molecule has 0 aromatic heterocycles. The summed E-state index contributed by atoms with van der Waals surface area (Å²) in [7, 11) is 2.00. The van der Waals surface area contributed by atoms with E-state index in [-0.39, 0.29) is 5.60 Å². The van der Waals surface area contributed by atoms with Crippen LogP contribution in [0.3, 0.4) is 0 Å². The van der Waals surface area contributed by atoms with Crippen molar-refractivity contribution < 1.29 is 9.47 Å². The van der Waals surface area contributed by atoms with Crippen molar-refractivity contribution in [2.45, 2.75) is 38.5 Å². The SMILES string of the molecule is CNC1CC(C)(C)Oc2cc(OCc3ccccc3)ccc21. The summed E-state index contributed by atoms with van der Waals surface area (Å²) >= 11 is 0. The van der Waals surface area contributed by atoms with Crippen LogP contribution in [-0.4, -0.2) is 12.6 Å². The Hall–Kier alpha value is -2.00. The van der Waals surface area contributed by atoms with Crippen LogP contribution in [0.15, 0.2) is 48.5 Å². The van der Waals surface area contributed by atoms with E-state index in [1.54, 1.807) is 0 Å². The predicted octanol–water partition coefficient (Wildman–Crippen LogP) is 4.09. The maximum absolute atomic E-state index is 6.12. The topological polar surface area (TPSA) is 30.5 Å². The van der Waals surface area contributed by atoms with E-state index in [0.717, 1.165) is 23.5 Å². The highest BCUT2D eigenvalue weighted by Gasteiger charge is 2.33. The third-order valence-corrected chi connectivity index (χ3v) is 4.04. The van der Waals surface area contributed by atoms with Crippen LogP contribution < -0.4 is 14.8 Å². The van der Waals surface area contributed by atoms with Gasteiger partial charge in [-0.15, -0.1) is 0 Å². The van der Waals surface area contributed by atoms with Crippen molar-refractivity contribution in [3.05, 3.63) is 59.7 Å². The third kappa shape index (κ3) is 3.25. The average Bonchev–Trinajstić information content (AvgIpc) is 2.52. The lowest BCUT2D eigenvalue weighted by Gasteiger charge is -2.37. The lowest BCUT2D eigenvalue weighted by Crippen LogP contribution is -2.38. The van der Waals surface area contributed by atoms with Gasteiger partial charge in [0.15, 0.2) is 0 Å². The Morgan fingerprint density at radius 1 is 1.18 bits per heavy atom. The molecule has 0 bridgehead atoms. The van der Waals surface area contributed by atoms with E-state index in [1.807, 2.05) is 37.4 Å². The second kappa shape index (κ2) is 6.01. The fourth-order valence-electron chi connectivity index (χ4n) is 2.92. The molecule has 116 valence electrons. The first-order valence-electron chi connectivity index (χ1n) is 7.74. The van der Waals surface area contributed by atoms with Gasteiger partial charge in [-0.05, 0) is 32.5 Å². The van der Waals surface area contributed by atoms with E-state index in [1.165, 1.54) is 5.56 Å². The van der Waals surface area contributed by atoms with Crippen molar-refractivity contribution in [2.24, 2.45) is 0 Å². The maximum atomic E-state index is 6.12. The second-order valence-corrected chi connectivity index (χ2v) is 6.38. The van der Waals surface area contributed by atoms with E-state index in [2.05, 4.69) is 37.4 Å². The molecule has 2 aromatic rings. The molecule has 0 fully saturated rings. The first-order valence-corrected chi connectivity index (χ1v) is 7.74. The molecule has 1 heterocycles. The fraction of sp³-hybridized carbons (Fsp3) is 0.368. The van der Waals surface area contributed by atoms with Crippen molar-refractivity contribution in [2.75, 3.05) is 7.05 Å². The van der Waals surface area contributed by atoms with Crippen molar-refractivity contribution in [1.29, 1.82) is 0 Å². The molecule has 0 saturated carbocycles. The lowest BCUT2D eigenvalue weighted by molar-refractivity contribution is 0.0671. The number of fused-ring (bicyclic) bond motifs is 1.